The van der Waals surface area contributed by atoms with Gasteiger partial charge in [-0.2, -0.15) is 0 Å². The summed E-state index contributed by atoms with van der Waals surface area (Å²) in [5.41, 5.74) is 1.40. The van der Waals surface area contributed by atoms with Crippen LogP contribution in [-0.2, 0) is 0 Å². The lowest BCUT2D eigenvalue weighted by Crippen LogP contribution is -2.15. The van der Waals surface area contributed by atoms with Crippen LogP contribution in [0.1, 0.15) is 40.9 Å². The minimum Gasteiger partial charge on any atom is -0.318 e. The van der Waals surface area contributed by atoms with E-state index in [1.54, 1.807) is 12.1 Å². The molecule has 0 saturated heterocycles. The largest absolute Gasteiger partial charge is 0.318 e. The summed E-state index contributed by atoms with van der Waals surface area (Å²) >= 11 is 3.28. The lowest BCUT2D eigenvalue weighted by Gasteiger charge is -2.05. The Morgan fingerprint density at radius 1 is 1.42 bits per heavy atom. The number of carbonyl (C=O) groups excluding carboxylic acids is 1. The smallest absolute Gasteiger partial charge is 0.295 e. The van der Waals surface area contributed by atoms with E-state index in [0.717, 1.165) is 29.0 Å². The fourth-order valence-corrected chi connectivity index (χ4v) is 2.15. The summed E-state index contributed by atoms with van der Waals surface area (Å²) in [6.45, 7) is 1.83. The molecule has 0 radical (unpaired) electrons. The zero-order valence-corrected chi connectivity index (χ0v) is 11.9. The molecule has 0 aromatic carbocycles. The zero-order chi connectivity index (χ0) is 13.4. The van der Waals surface area contributed by atoms with Gasteiger partial charge in [-0.15, -0.1) is 5.10 Å². The van der Waals surface area contributed by atoms with E-state index in [1.807, 2.05) is 6.92 Å². The third kappa shape index (κ3) is 2.65. The predicted molar refractivity (Wildman–Crippen MR) is 73.0 cm³/mol. The first kappa shape index (κ1) is 12.3. The van der Waals surface area contributed by atoms with Crippen molar-refractivity contribution in [3.05, 3.63) is 34.1 Å². The third-order valence-corrected chi connectivity index (χ3v) is 3.41. The second kappa shape index (κ2) is 4.73. The second-order valence-electron chi connectivity index (χ2n) is 4.54. The number of hydrogen-bond donors (Lipinski definition) is 2. The van der Waals surface area contributed by atoms with Crippen LogP contribution >= 0.6 is 15.9 Å². The van der Waals surface area contributed by atoms with E-state index in [4.69, 9.17) is 0 Å². The van der Waals surface area contributed by atoms with E-state index in [-0.39, 0.29) is 11.7 Å². The predicted octanol–water partition coefficient (Wildman–Crippen LogP) is 2.40. The summed E-state index contributed by atoms with van der Waals surface area (Å²) in [5.74, 6) is 1.10. The van der Waals surface area contributed by atoms with Gasteiger partial charge >= 0.3 is 0 Å². The maximum absolute atomic E-state index is 12.0. The summed E-state index contributed by atoms with van der Waals surface area (Å²) in [4.78, 5) is 20.4. The highest BCUT2D eigenvalue weighted by Gasteiger charge is 2.28. The highest BCUT2D eigenvalue weighted by Crippen LogP contribution is 2.37. The number of amides is 1. The molecule has 1 aliphatic rings. The van der Waals surface area contributed by atoms with Crippen LogP contribution in [0, 0.1) is 6.92 Å². The Kier molecular flexibility index (Phi) is 3.06. The Hall–Kier alpha value is -1.76. The van der Waals surface area contributed by atoms with Gasteiger partial charge in [-0.1, -0.05) is 0 Å². The number of anilines is 1. The average Bonchev–Trinajstić information content (AvgIpc) is 3.10. The highest BCUT2D eigenvalue weighted by atomic mass is 79.9. The maximum Gasteiger partial charge on any atom is 0.295 e. The van der Waals surface area contributed by atoms with E-state index in [9.17, 15) is 4.79 Å². The van der Waals surface area contributed by atoms with Crippen molar-refractivity contribution in [1.29, 1.82) is 0 Å². The molecule has 1 saturated carbocycles. The van der Waals surface area contributed by atoms with Crippen molar-refractivity contribution in [1.82, 2.24) is 20.2 Å². The number of nitrogens with zero attached hydrogens (tertiary/aromatic N) is 3. The van der Waals surface area contributed by atoms with Gasteiger partial charge in [0.15, 0.2) is 0 Å². The lowest BCUT2D eigenvalue weighted by molar-refractivity contribution is 0.101. The molecule has 3 rings (SSSR count). The molecule has 1 amide bonds. The van der Waals surface area contributed by atoms with Crippen molar-refractivity contribution in [2.24, 2.45) is 0 Å². The zero-order valence-electron chi connectivity index (χ0n) is 10.3. The topological polar surface area (TPSA) is 83.6 Å². The number of aryl methyl sites for hydroxylation is 1. The number of aromatic nitrogens is 4. The van der Waals surface area contributed by atoms with Crippen molar-refractivity contribution in [2.45, 2.75) is 25.7 Å². The molecule has 2 aromatic rings. The molecule has 1 aliphatic carbocycles. The average molecular weight is 322 g/mol. The maximum atomic E-state index is 12.0. The van der Waals surface area contributed by atoms with Gasteiger partial charge in [-0.25, -0.2) is 9.97 Å². The van der Waals surface area contributed by atoms with Gasteiger partial charge in [0.2, 0.25) is 5.82 Å². The molecule has 0 bridgehead atoms. The fraction of sp³-hybridized carbons (Fsp3) is 0.333. The molecular formula is C12H12BrN5O. The van der Waals surface area contributed by atoms with E-state index in [2.05, 4.69) is 41.4 Å². The molecule has 2 heterocycles. The molecular weight excluding hydrogens is 310 g/mol. The van der Waals surface area contributed by atoms with Gasteiger partial charge < -0.3 is 5.32 Å². The van der Waals surface area contributed by atoms with Gasteiger partial charge in [0.1, 0.15) is 10.4 Å². The molecule has 98 valence electrons. The number of carbonyl (C=O) groups is 1. The Bertz CT molecular complexity index is 635. The quantitative estimate of drug-likeness (QED) is 0.850. The Labute approximate surface area is 118 Å². The van der Waals surface area contributed by atoms with Crippen molar-refractivity contribution in [3.63, 3.8) is 0 Å². The van der Waals surface area contributed by atoms with Gasteiger partial charge in [-0.05, 0) is 47.8 Å². The normalized spacial score (nSPS) is 14.4. The van der Waals surface area contributed by atoms with Crippen molar-refractivity contribution < 1.29 is 4.79 Å². The Morgan fingerprint density at radius 2 is 2.21 bits per heavy atom. The number of aromatic amines is 1. The molecule has 1 fully saturated rings. The first-order valence-electron chi connectivity index (χ1n) is 6.00. The number of H-pyrrole nitrogens is 1. The second-order valence-corrected chi connectivity index (χ2v) is 5.35. The van der Waals surface area contributed by atoms with Gasteiger partial charge in [0.05, 0.1) is 11.4 Å². The minimum absolute atomic E-state index is 0.171. The van der Waals surface area contributed by atoms with E-state index in [0.29, 0.717) is 11.6 Å². The molecule has 2 aromatic heterocycles. The van der Waals surface area contributed by atoms with Gasteiger partial charge in [0, 0.05) is 5.92 Å². The van der Waals surface area contributed by atoms with Crippen LogP contribution in [0.4, 0.5) is 5.69 Å². The third-order valence-electron chi connectivity index (χ3n) is 2.97. The lowest BCUT2D eigenvalue weighted by atomic mass is 10.3. The van der Waals surface area contributed by atoms with E-state index >= 15 is 0 Å². The van der Waals surface area contributed by atoms with E-state index < -0.39 is 0 Å². The number of nitrogens with one attached hydrogen (secondary N) is 2. The summed E-state index contributed by atoms with van der Waals surface area (Å²) in [7, 11) is 0. The molecule has 0 aliphatic heterocycles. The monoisotopic (exact) mass is 321 g/mol. The molecule has 0 spiro atoms. The van der Waals surface area contributed by atoms with Crippen molar-refractivity contribution >= 4 is 27.5 Å². The SMILES string of the molecule is Cc1nc(Br)ccc1NC(=O)c1n[nH]c(C2CC2)n1. The van der Waals surface area contributed by atoms with Crippen LogP contribution in [0.25, 0.3) is 0 Å². The molecule has 6 nitrogen and oxygen atoms in total. The Morgan fingerprint density at radius 3 is 2.89 bits per heavy atom. The highest BCUT2D eigenvalue weighted by molar-refractivity contribution is 9.10. The van der Waals surface area contributed by atoms with Crippen LogP contribution in [0.3, 0.4) is 0 Å². The summed E-state index contributed by atoms with van der Waals surface area (Å²) in [5, 5.41) is 9.52. The first-order valence-corrected chi connectivity index (χ1v) is 6.79. The summed E-state index contributed by atoms with van der Waals surface area (Å²) in [6, 6.07) is 3.56. The van der Waals surface area contributed by atoms with Crippen LogP contribution in [0.2, 0.25) is 0 Å². The molecule has 2 N–H and O–H groups in total. The van der Waals surface area contributed by atoms with Gasteiger partial charge in [-0.3, -0.25) is 9.89 Å². The van der Waals surface area contributed by atoms with E-state index in [1.165, 1.54) is 0 Å². The van der Waals surface area contributed by atoms with Crippen LogP contribution in [0.5, 0.6) is 0 Å². The summed E-state index contributed by atoms with van der Waals surface area (Å²) < 4.78 is 0.733. The molecule has 0 unspecified atom stereocenters. The minimum atomic E-state index is -0.324. The van der Waals surface area contributed by atoms with Crippen LogP contribution < -0.4 is 5.32 Å². The number of pyridine rings is 1. The number of rotatable bonds is 3. The number of halogens is 1. The fourth-order valence-electron chi connectivity index (χ4n) is 1.76. The van der Waals surface area contributed by atoms with Crippen LogP contribution in [-0.4, -0.2) is 26.1 Å². The molecule has 0 atom stereocenters. The Balaban J connectivity index is 1.76. The van der Waals surface area contributed by atoms with Crippen molar-refractivity contribution in [2.75, 3.05) is 5.32 Å². The summed E-state index contributed by atoms with van der Waals surface area (Å²) in [6.07, 6.45) is 2.23. The molecule has 19 heavy (non-hydrogen) atoms. The molecule has 7 heteroatoms. The van der Waals surface area contributed by atoms with Crippen LogP contribution in [0.15, 0.2) is 16.7 Å². The van der Waals surface area contributed by atoms with Gasteiger partial charge in [0.25, 0.3) is 5.91 Å². The number of hydrogen-bond acceptors (Lipinski definition) is 4. The van der Waals surface area contributed by atoms with Crippen molar-refractivity contribution in [3.8, 4) is 0 Å². The standard InChI is InChI=1S/C12H12BrN5O/c1-6-8(4-5-9(13)14-6)15-12(19)11-16-10(17-18-11)7-2-3-7/h4-5,7H,2-3H2,1H3,(H,15,19)(H,16,17,18). The first-order chi connectivity index (χ1) is 9.13.